The quantitative estimate of drug-likeness (QED) is 0.709. The van der Waals surface area contributed by atoms with Gasteiger partial charge in [-0.2, -0.15) is 18.3 Å². The largest absolute Gasteiger partial charge is 0.434 e. The lowest BCUT2D eigenvalue weighted by atomic mass is 10.2. The molecule has 0 atom stereocenters. The number of hydrogen-bond acceptors (Lipinski definition) is 5. The van der Waals surface area contributed by atoms with Crippen LogP contribution in [0, 0.1) is 6.92 Å². The average molecular weight is 395 g/mol. The van der Waals surface area contributed by atoms with Crippen LogP contribution in [0.15, 0.2) is 36.7 Å². The molecule has 11 heteroatoms. The zero-order valence-electron chi connectivity index (χ0n) is 13.7. The number of aryl methyl sites for hydroxylation is 1. The number of halogens is 3. The molecule has 3 rings (SSSR count). The first-order valence-corrected chi connectivity index (χ1v) is 8.28. The monoisotopic (exact) mass is 395 g/mol. The minimum absolute atomic E-state index is 0.0504. The predicted octanol–water partition coefficient (Wildman–Crippen LogP) is 3.01. The second-order valence-electron chi connectivity index (χ2n) is 5.45. The van der Waals surface area contributed by atoms with E-state index in [2.05, 4.69) is 15.4 Å². The first-order chi connectivity index (χ1) is 12.7. The number of nitrogens with two attached hydrogens (primary N) is 1. The summed E-state index contributed by atoms with van der Waals surface area (Å²) in [6, 6.07) is 6.36. The van der Waals surface area contributed by atoms with Gasteiger partial charge in [0.25, 0.3) is 11.8 Å². The Hall–Kier alpha value is -3.21. The van der Waals surface area contributed by atoms with Crippen LogP contribution in [-0.2, 0) is 6.18 Å². The van der Waals surface area contributed by atoms with Crippen LogP contribution in [0.4, 0.5) is 18.3 Å². The molecule has 27 heavy (non-hydrogen) atoms. The van der Waals surface area contributed by atoms with E-state index in [1.807, 2.05) is 0 Å². The van der Waals surface area contributed by atoms with Crippen LogP contribution >= 0.6 is 11.3 Å². The summed E-state index contributed by atoms with van der Waals surface area (Å²) in [5, 5.41) is 5.94. The number of aromatic nitrogens is 3. The summed E-state index contributed by atoms with van der Waals surface area (Å²) in [7, 11) is 0. The molecule has 1 aromatic carbocycles. The molecule has 0 saturated heterocycles. The van der Waals surface area contributed by atoms with Crippen molar-refractivity contribution < 1.29 is 22.8 Å². The Kier molecular flexibility index (Phi) is 4.70. The Morgan fingerprint density at radius 3 is 2.52 bits per heavy atom. The summed E-state index contributed by atoms with van der Waals surface area (Å²) in [4.78, 5) is 27.3. The highest BCUT2D eigenvalue weighted by molar-refractivity contribution is 7.17. The van der Waals surface area contributed by atoms with Gasteiger partial charge >= 0.3 is 6.18 Å². The standard InChI is InChI=1S/C16H12F3N5O2S/c1-8-4-2-3-5-10(8)24-12(16(17,18)19)9(6-22-24)14(26)23-15-21-7-11(27-15)13(20)25/h2-7H,1H3,(H2,20,25)(H,21,23,26). The summed E-state index contributed by atoms with van der Waals surface area (Å²) in [5.74, 6) is -1.80. The highest BCUT2D eigenvalue weighted by Crippen LogP contribution is 2.34. The number of primary amides is 1. The van der Waals surface area contributed by atoms with Gasteiger partial charge in [0.05, 0.1) is 23.6 Å². The molecule has 140 valence electrons. The van der Waals surface area contributed by atoms with E-state index in [0.29, 0.717) is 10.2 Å². The van der Waals surface area contributed by atoms with Crippen LogP contribution in [-0.4, -0.2) is 26.6 Å². The fraction of sp³-hybridized carbons (Fsp3) is 0.125. The van der Waals surface area contributed by atoms with Crippen molar-refractivity contribution >= 4 is 28.3 Å². The van der Waals surface area contributed by atoms with E-state index in [4.69, 9.17) is 5.73 Å². The Labute approximate surface area is 154 Å². The van der Waals surface area contributed by atoms with Crippen LogP contribution in [0.2, 0.25) is 0 Å². The number of nitrogens with zero attached hydrogens (tertiary/aromatic N) is 3. The maximum Gasteiger partial charge on any atom is 0.434 e. The molecule has 2 heterocycles. The lowest BCUT2D eigenvalue weighted by Crippen LogP contribution is -2.21. The molecule has 7 nitrogen and oxygen atoms in total. The van der Waals surface area contributed by atoms with Crippen LogP contribution in [0.1, 0.15) is 31.3 Å². The molecular formula is C16H12F3N5O2S. The van der Waals surface area contributed by atoms with Crippen molar-refractivity contribution in [1.82, 2.24) is 14.8 Å². The highest BCUT2D eigenvalue weighted by atomic mass is 32.1. The molecule has 0 saturated carbocycles. The minimum atomic E-state index is -4.83. The van der Waals surface area contributed by atoms with Gasteiger partial charge in [0.1, 0.15) is 4.88 Å². The van der Waals surface area contributed by atoms with Gasteiger partial charge in [-0.3, -0.25) is 14.9 Å². The predicted molar refractivity (Wildman–Crippen MR) is 91.9 cm³/mol. The van der Waals surface area contributed by atoms with E-state index in [0.717, 1.165) is 23.7 Å². The summed E-state index contributed by atoms with van der Waals surface area (Å²) in [5.41, 5.74) is 3.98. The number of carbonyl (C=O) groups excluding carboxylic acids is 2. The van der Waals surface area contributed by atoms with Crippen molar-refractivity contribution in [3.63, 3.8) is 0 Å². The van der Waals surface area contributed by atoms with Crippen LogP contribution in [0.25, 0.3) is 5.69 Å². The van der Waals surface area contributed by atoms with Crippen LogP contribution in [0.3, 0.4) is 0 Å². The van der Waals surface area contributed by atoms with Crippen molar-refractivity contribution in [2.45, 2.75) is 13.1 Å². The first kappa shape index (κ1) is 18.6. The normalized spacial score (nSPS) is 11.4. The number of amides is 2. The molecular weight excluding hydrogens is 383 g/mol. The molecule has 0 spiro atoms. The van der Waals surface area contributed by atoms with E-state index in [1.165, 1.54) is 6.07 Å². The van der Waals surface area contributed by atoms with Gasteiger partial charge < -0.3 is 5.73 Å². The Morgan fingerprint density at radius 2 is 1.93 bits per heavy atom. The van der Waals surface area contributed by atoms with E-state index >= 15 is 0 Å². The van der Waals surface area contributed by atoms with Gasteiger partial charge in [0.2, 0.25) is 0 Å². The Morgan fingerprint density at radius 1 is 1.22 bits per heavy atom. The lowest BCUT2D eigenvalue weighted by molar-refractivity contribution is -0.143. The number of para-hydroxylation sites is 1. The molecule has 2 amide bonds. The second-order valence-corrected chi connectivity index (χ2v) is 6.48. The molecule has 2 aromatic heterocycles. The number of rotatable bonds is 4. The van der Waals surface area contributed by atoms with E-state index in [1.54, 1.807) is 25.1 Å². The van der Waals surface area contributed by atoms with E-state index in [9.17, 15) is 22.8 Å². The van der Waals surface area contributed by atoms with Crippen molar-refractivity contribution in [3.05, 3.63) is 58.4 Å². The van der Waals surface area contributed by atoms with Crippen LogP contribution in [0.5, 0.6) is 0 Å². The average Bonchev–Trinajstić information content (AvgIpc) is 3.21. The molecule has 0 aliphatic carbocycles. The zero-order valence-corrected chi connectivity index (χ0v) is 14.6. The molecule has 0 radical (unpaired) electrons. The first-order valence-electron chi connectivity index (χ1n) is 7.46. The number of anilines is 1. The molecule has 3 N–H and O–H groups in total. The molecule has 0 bridgehead atoms. The van der Waals surface area contributed by atoms with Crippen LogP contribution < -0.4 is 11.1 Å². The fourth-order valence-electron chi connectivity index (χ4n) is 2.38. The third kappa shape index (κ3) is 3.67. The summed E-state index contributed by atoms with van der Waals surface area (Å²) < 4.78 is 41.6. The van der Waals surface area contributed by atoms with Crippen molar-refractivity contribution in [3.8, 4) is 5.69 Å². The smallest absolute Gasteiger partial charge is 0.365 e. The third-order valence-corrected chi connectivity index (χ3v) is 4.52. The number of hydrogen-bond donors (Lipinski definition) is 2. The lowest BCUT2D eigenvalue weighted by Gasteiger charge is -2.14. The maximum absolute atomic E-state index is 13.7. The van der Waals surface area contributed by atoms with Gasteiger partial charge in [-0.1, -0.05) is 29.5 Å². The SMILES string of the molecule is Cc1ccccc1-n1ncc(C(=O)Nc2ncc(C(N)=O)s2)c1C(F)(F)F. The minimum Gasteiger partial charge on any atom is -0.365 e. The van der Waals surface area contributed by atoms with Crippen molar-refractivity contribution in [1.29, 1.82) is 0 Å². The van der Waals surface area contributed by atoms with Crippen molar-refractivity contribution in [2.24, 2.45) is 5.73 Å². The summed E-state index contributed by atoms with van der Waals surface area (Å²) in [6.45, 7) is 1.64. The number of alkyl halides is 3. The second kappa shape index (κ2) is 6.83. The number of carbonyl (C=O) groups is 2. The van der Waals surface area contributed by atoms with Gasteiger partial charge in [-0.25, -0.2) is 9.67 Å². The van der Waals surface area contributed by atoms with Gasteiger partial charge in [-0.05, 0) is 18.6 Å². The van der Waals surface area contributed by atoms with Gasteiger partial charge in [-0.15, -0.1) is 0 Å². The molecule has 0 aliphatic rings. The number of benzene rings is 1. The fourth-order valence-corrected chi connectivity index (χ4v) is 3.04. The Bertz CT molecular complexity index is 1030. The van der Waals surface area contributed by atoms with Gasteiger partial charge in [0, 0.05) is 0 Å². The molecule has 3 aromatic rings. The molecule has 0 unspecified atom stereocenters. The topological polar surface area (TPSA) is 103 Å². The number of nitrogens with one attached hydrogen (secondary N) is 1. The molecule has 0 fully saturated rings. The van der Waals surface area contributed by atoms with Gasteiger partial charge in [0.15, 0.2) is 10.8 Å². The maximum atomic E-state index is 13.7. The Balaban J connectivity index is 2.01. The summed E-state index contributed by atoms with van der Waals surface area (Å²) in [6.07, 6.45) is -2.86. The summed E-state index contributed by atoms with van der Waals surface area (Å²) >= 11 is 0.757. The zero-order chi connectivity index (χ0) is 19.8. The highest BCUT2D eigenvalue weighted by Gasteiger charge is 2.41. The third-order valence-electron chi connectivity index (χ3n) is 3.60. The number of thiazole rings is 1. The van der Waals surface area contributed by atoms with E-state index < -0.39 is 29.2 Å². The van der Waals surface area contributed by atoms with Crippen molar-refractivity contribution in [2.75, 3.05) is 5.32 Å². The van der Waals surface area contributed by atoms with E-state index in [-0.39, 0.29) is 15.7 Å². The molecule has 0 aliphatic heterocycles.